The van der Waals surface area contributed by atoms with Crippen LogP contribution in [0.2, 0.25) is 0 Å². The highest BCUT2D eigenvalue weighted by Crippen LogP contribution is 2.27. The van der Waals surface area contributed by atoms with Crippen molar-refractivity contribution in [3.05, 3.63) is 27.1 Å². The molecule has 0 radical (unpaired) electrons. The van der Waals surface area contributed by atoms with E-state index >= 15 is 0 Å². The number of nitrogens with zero attached hydrogens (tertiary/aromatic N) is 3. The van der Waals surface area contributed by atoms with E-state index in [1.54, 1.807) is 6.20 Å². The van der Waals surface area contributed by atoms with Crippen molar-refractivity contribution in [3.63, 3.8) is 0 Å². The van der Waals surface area contributed by atoms with E-state index in [0.717, 1.165) is 21.8 Å². The highest BCUT2D eigenvalue weighted by Gasteiger charge is 2.17. The Hall–Kier alpha value is -0.790. The minimum Gasteiger partial charge on any atom is -0.337 e. The summed E-state index contributed by atoms with van der Waals surface area (Å²) in [6.45, 7) is 2.06. The molecule has 0 fully saturated rings. The number of nitrogens with two attached hydrogens (primary N) is 1. The Morgan fingerprint density at radius 2 is 2.22 bits per heavy atom. The molecule has 7 heteroatoms. The van der Waals surface area contributed by atoms with Crippen LogP contribution in [0.25, 0.3) is 11.5 Å². The van der Waals surface area contributed by atoms with E-state index in [9.17, 15) is 0 Å². The number of hydrogen-bond acceptors (Lipinski definition) is 5. The van der Waals surface area contributed by atoms with Gasteiger partial charge in [0.15, 0.2) is 0 Å². The van der Waals surface area contributed by atoms with Gasteiger partial charge in [0.1, 0.15) is 5.69 Å². The first-order chi connectivity index (χ1) is 8.61. The molecule has 0 aliphatic heterocycles. The molecule has 0 amide bonds. The lowest BCUT2D eigenvalue weighted by Crippen LogP contribution is -2.09. The van der Waals surface area contributed by atoms with Crippen molar-refractivity contribution in [2.24, 2.45) is 5.73 Å². The first kappa shape index (κ1) is 13.6. The molecular formula is C11H12Br2N4O. The maximum absolute atomic E-state index is 5.92. The zero-order valence-electron chi connectivity index (χ0n) is 9.73. The second-order valence-electron chi connectivity index (χ2n) is 3.84. The largest absolute Gasteiger partial charge is 0.337 e. The maximum atomic E-state index is 5.92. The summed E-state index contributed by atoms with van der Waals surface area (Å²) in [5.41, 5.74) is 6.56. The third-order valence-electron chi connectivity index (χ3n) is 2.38. The van der Waals surface area contributed by atoms with E-state index < -0.39 is 0 Å². The number of aromatic nitrogens is 3. The van der Waals surface area contributed by atoms with Gasteiger partial charge in [0.2, 0.25) is 11.7 Å². The molecule has 0 aliphatic rings. The van der Waals surface area contributed by atoms with Crippen molar-refractivity contribution in [2.45, 2.75) is 25.8 Å². The average molecular weight is 376 g/mol. The van der Waals surface area contributed by atoms with Crippen LogP contribution in [0.3, 0.4) is 0 Å². The zero-order chi connectivity index (χ0) is 13.1. The molecular weight excluding hydrogens is 364 g/mol. The number of hydrogen-bond donors (Lipinski definition) is 1. The second kappa shape index (κ2) is 5.90. The van der Waals surface area contributed by atoms with Gasteiger partial charge in [-0.1, -0.05) is 18.5 Å². The van der Waals surface area contributed by atoms with Crippen LogP contribution in [0.15, 0.2) is 25.7 Å². The van der Waals surface area contributed by atoms with Gasteiger partial charge in [0.05, 0.1) is 6.04 Å². The van der Waals surface area contributed by atoms with E-state index in [1.165, 1.54) is 0 Å². The van der Waals surface area contributed by atoms with Crippen molar-refractivity contribution < 1.29 is 4.52 Å². The molecule has 5 nitrogen and oxygen atoms in total. The lowest BCUT2D eigenvalue weighted by Gasteiger charge is -2.02. The number of rotatable bonds is 4. The SMILES string of the molecule is CCC[C@H](N)c1nc(-c2ncc(Br)cc2Br)no1. The predicted molar refractivity (Wildman–Crippen MR) is 74.8 cm³/mol. The summed E-state index contributed by atoms with van der Waals surface area (Å²) in [6, 6.07) is 1.66. The van der Waals surface area contributed by atoms with Crippen molar-refractivity contribution >= 4 is 31.9 Å². The van der Waals surface area contributed by atoms with E-state index in [0.29, 0.717) is 17.4 Å². The number of halogens is 2. The van der Waals surface area contributed by atoms with Crippen LogP contribution in [0.4, 0.5) is 0 Å². The van der Waals surface area contributed by atoms with Gasteiger partial charge in [-0.25, -0.2) is 0 Å². The molecule has 2 aromatic heterocycles. The van der Waals surface area contributed by atoms with Crippen LogP contribution < -0.4 is 5.73 Å². The van der Waals surface area contributed by atoms with Gasteiger partial charge < -0.3 is 10.3 Å². The molecule has 0 aromatic carbocycles. The summed E-state index contributed by atoms with van der Waals surface area (Å²) >= 11 is 6.76. The molecule has 2 aromatic rings. The summed E-state index contributed by atoms with van der Waals surface area (Å²) < 4.78 is 6.84. The molecule has 0 unspecified atom stereocenters. The van der Waals surface area contributed by atoms with Crippen LogP contribution in [-0.4, -0.2) is 15.1 Å². The molecule has 0 aliphatic carbocycles. The zero-order valence-corrected chi connectivity index (χ0v) is 12.9. The number of pyridine rings is 1. The molecule has 0 spiro atoms. The third-order valence-corrected chi connectivity index (χ3v) is 3.42. The Kier molecular flexibility index (Phi) is 4.47. The van der Waals surface area contributed by atoms with Crippen LogP contribution in [0, 0.1) is 0 Å². The third kappa shape index (κ3) is 2.96. The van der Waals surface area contributed by atoms with E-state index in [-0.39, 0.29) is 6.04 Å². The van der Waals surface area contributed by atoms with E-state index in [4.69, 9.17) is 10.3 Å². The van der Waals surface area contributed by atoms with Crippen LogP contribution in [0.5, 0.6) is 0 Å². The fraction of sp³-hybridized carbons (Fsp3) is 0.364. The highest BCUT2D eigenvalue weighted by atomic mass is 79.9. The van der Waals surface area contributed by atoms with Gasteiger partial charge in [0.25, 0.3) is 0 Å². The molecule has 0 bridgehead atoms. The summed E-state index contributed by atoms with van der Waals surface area (Å²) in [4.78, 5) is 8.53. The summed E-state index contributed by atoms with van der Waals surface area (Å²) in [5, 5.41) is 3.91. The lowest BCUT2D eigenvalue weighted by atomic mass is 10.2. The van der Waals surface area contributed by atoms with Crippen LogP contribution in [-0.2, 0) is 0 Å². The summed E-state index contributed by atoms with van der Waals surface area (Å²) in [7, 11) is 0. The molecule has 0 saturated carbocycles. The van der Waals surface area contributed by atoms with Crippen molar-refractivity contribution in [3.8, 4) is 11.5 Å². The highest BCUT2D eigenvalue weighted by molar-refractivity contribution is 9.11. The molecule has 2 heterocycles. The standard InChI is InChI=1S/C11H12Br2N4O/c1-2-3-8(14)11-16-10(17-18-11)9-7(13)4-6(12)5-15-9/h4-5,8H,2-3,14H2,1H3/t8-/m0/s1. The molecule has 2 rings (SSSR count). The Bertz CT molecular complexity index is 544. The molecule has 2 N–H and O–H groups in total. The predicted octanol–water partition coefficient (Wildman–Crippen LogP) is 3.46. The first-order valence-corrected chi connectivity index (χ1v) is 7.11. The maximum Gasteiger partial charge on any atom is 0.243 e. The van der Waals surface area contributed by atoms with Gasteiger partial charge >= 0.3 is 0 Å². The van der Waals surface area contributed by atoms with Gasteiger partial charge in [-0.15, -0.1) is 0 Å². The quantitative estimate of drug-likeness (QED) is 0.885. The summed E-state index contributed by atoms with van der Waals surface area (Å²) in [6.07, 6.45) is 3.47. The molecule has 1 atom stereocenters. The molecule has 96 valence electrons. The normalized spacial score (nSPS) is 12.7. The van der Waals surface area contributed by atoms with Crippen molar-refractivity contribution in [1.82, 2.24) is 15.1 Å². The van der Waals surface area contributed by atoms with Crippen LogP contribution in [0.1, 0.15) is 31.7 Å². The Morgan fingerprint density at radius 3 is 2.89 bits per heavy atom. The van der Waals surface area contributed by atoms with Gasteiger partial charge in [-0.05, 0) is 44.3 Å². The van der Waals surface area contributed by atoms with Gasteiger partial charge in [-0.3, -0.25) is 4.98 Å². The fourth-order valence-electron chi connectivity index (χ4n) is 1.50. The minimum absolute atomic E-state index is 0.217. The Balaban J connectivity index is 2.29. The second-order valence-corrected chi connectivity index (χ2v) is 5.61. The minimum atomic E-state index is -0.217. The smallest absolute Gasteiger partial charge is 0.243 e. The fourth-order valence-corrected chi connectivity index (χ4v) is 2.66. The van der Waals surface area contributed by atoms with Crippen molar-refractivity contribution in [1.29, 1.82) is 0 Å². The molecule has 0 saturated heterocycles. The van der Waals surface area contributed by atoms with Crippen LogP contribution >= 0.6 is 31.9 Å². The Morgan fingerprint density at radius 1 is 1.44 bits per heavy atom. The van der Waals surface area contributed by atoms with Gasteiger partial charge in [-0.2, -0.15) is 4.98 Å². The Labute approximate surface area is 121 Å². The monoisotopic (exact) mass is 374 g/mol. The molecule has 18 heavy (non-hydrogen) atoms. The average Bonchev–Trinajstić information content (AvgIpc) is 2.78. The first-order valence-electron chi connectivity index (χ1n) is 5.52. The van der Waals surface area contributed by atoms with Crippen molar-refractivity contribution in [2.75, 3.05) is 0 Å². The topological polar surface area (TPSA) is 77.8 Å². The van der Waals surface area contributed by atoms with E-state index in [2.05, 4.69) is 53.9 Å². The van der Waals surface area contributed by atoms with E-state index in [1.807, 2.05) is 6.07 Å². The summed E-state index contributed by atoms with van der Waals surface area (Å²) in [5.74, 6) is 0.888. The lowest BCUT2D eigenvalue weighted by molar-refractivity contribution is 0.348. The van der Waals surface area contributed by atoms with Gasteiger partial charge in [0, 0.05) is 15.1 Å².